The van der Waals surface area contributed by atoms with E-state index in [1.54, 1.807) is 12.4 Å². The monoisotopic (exact) mass is 178 g/mol. The van der Waals surface area contributed by atoms with Gasteiger partial charge in [-0.05, 0) is 25.5 Å². The quantitative estimate of drug-likeness (QED) is 0.737. The van der Waals surface area contributed by atoms with E-state index in [9.17, 15) is 0 Å². The van der Waals surface area contributed by atoms with Gasteiger partial charge in [0, 0.05) is 0 Å². The van der Waals surface area contributed by atoms with Crippen LogP contribution >= 0.6 is 0 Å². The number of aromatic amines is 1. The molecule has 1 rings (SSSR count). The first-order chi connectivity index (χ1) is 6.29. The van der Waals surface area contributed by atoms with Crippen LogP contribution < -0.4 is 0 Å². The van der Waals surface area contributed by atoms with E-state index in [-0.39, 0.29) is 0 Å². The molecule has 0 aromatic carbocycles. The Balaban J connectivity index is 0.000000671. The molecular weight excluding hydrogens is 160 g/mol. The number of nitrogens with one attached hydrogen (secondary N) is 1. The predicted octanol–water partition coefficient (Wildman–Crippen LogP) is 3.50. The molecule has 0 amide bonds. The van der Waals surface area contributed by atoms with Crippen LogP contribution in [0.5, 0.6) is 0 Å². The molecular formula is C11H18N2. The first-order valence-electron chi connectivity index (χ1n) is 4.58. The minimum absolute atomic E-state index is 0.987. The molecule has 0 saturated heterocycles. The van der Waals surface area contributed by atoms with E-state index >= 15 is 0 Å². The highest BCUT2D eigenvalue weighted by Gasteiger charge is 2.01. The number of nitrogens with zero attached hydrogens (tertiary/aromatic N) is 1. The lowest BCUT2D eigenvalue weighted by molar-refractivity contribution is 1.29. The van der Waals surface area contributed by atoms with Crippen LogP contribution in [0.4, 0.5) is 0 Å². The molecule has 2 nitrogen and oxygen atoms in total. The molecule has 1 aromatic rings. The van der Waals surface area contributed by atoms with Crippen molar-refractivity contribution in [3.63, 3.8) is 0 Å². The molecule has 0 radical (unpaired) electrons. The number of rotatable bonds is 2. The third kappa shape index (κ3) is 2.90. The molecule has 2 heteroatoms. The molecule has 0 atom stereocenters. The summed E-state index contributed by atoms with van der Waals surface area (Å²) in [6, 6.07) is 0. The third-order valence-electron chi connectivity index (χ3n) is 1.68. The van der Waals surface area contributed by atoms with E-state index in [1.165, 1.54) is 5.57 Å². The summed E-state index contributed by atoms with van der Waals surface area (Å²) in [5, 5.41) is 0. The van der Waals surface area contributed by atoms with Gasteiger partial charge in [-0.1, -0.05) is 26.5 Å². The van der Waals surface area contributed by atoms with Crippen LogP contribution in [-0.2, 0) is 0 Å². The van der Waals surface area contributed by atoms with Crippen LogP contribution in [0.25, 0.3) is 11.6 Å². The average molecular weight is 178 g/mol. The molecule has 0 spiro atoms. The molecule has 1 aromatic heterocycles. The normalized spacial score (nSPS) is 10.3. The molecule has 0 aliphatic heterocycles. The number of H-pyrrole nitrogens is 1. The highest BCUT2D eigenvalue weighted by atomic mass is 14.9. The van der Waals surface area contributed by atoms with Crippen molar-refractivity contribution in [2.45, 2.75) is 27.7 Å². The van der Waals surface area contributed by atoms with Crippen molar-refractivity contribution in [1.82, 2.24) is 9.97 Å². The molecule has 0 unspecified atom stereocenters. The van der Waals surface area contributed by atoms with Gasteiger partial charge in [0.05, 0.1) is 17.7 Å². The Bertz CT molecular complexity index is 282. The zero-order valence-corrected chi connectivity index (χ0v) is 8.89. The van der Waals surface area contributed by atoms with Gasteiger partial charge < -0.3 is 4.98 Å². The highest BCUT2D eigenvalue weighted by Crippen LogP contribution is 2.14. The number of imidazole rings is 1. The van der Waals surface area contributed by atoms with Crippen molar-refractivity contribution in [2.75, 3.05) is 0 Å². The van der Waals surface area contributed by atoms with E-state index in [2.05, 4.69) is 16.5 Å². The van der Waals surface area contributed by atoms with Gasteiger partial charge in [0.15, 0.2) is 0 Å². The van der Waals surface area contributed by atoms with E-state index in [1.807, 2.05) is 33.8 Å². The Morgan fingerprint density at radius 1 is 1.54 bits per heavy atom. The van der Waals surface area contributed by atoms with Gasteiger partial charge in [0.2, 0.25) is 0 Å². The Morgan fingerprint density at radius 3 is 2.62 bits per heavy atom. The smallest absolute Gasteiger partial charge is 0.0931 e. The molecule has 0 aliphatic carbocycles. The Morgan fingerprint density at radius 2 is 2.15 bits per heavy atom. The second-order valence-corrected chi connectivity index (χ2v) is 2.34. The molecule has 0 aliphatic rings. The molecule has 0 saturated carbocycles. The lowest BCUT2D eigenvalue weighted by Gasteiger charge is -1.95. The Labute approximate surface area is 80.4 Å². The van der Waals surface area contributed by atoms with Gasteiger partial charge in [-0.2, -0.15) is 0 Å². The maximum absolute atomic E-state index is 4.16. The van der Waals surface area contributed by atoms with Gasteiger partial charge in [-0.25, -0.2) is 4.98 Å². The van der Waals surface area contributed by atoms with Crippen LogP contribution in [0.15, 0.2) is 19.0 Å². The van der Waals surface area contributed by atoms with Crippen LogP contribution in [0.1, 0.15) is 39.1 Å². The van der Waals surface area contributed by atoms with Crippen molar-refractivity contribution >= 4 is 11.6 Å². The Hall–Kier alpha value is -1.31. The van der Waals surface area contributed by atoms with Crippen molar-refractivity contribution in [2.24, 2.45) is 0 Å². The number of aromatic nitrogens is 2. The zero-order chi connectivity index (χ0) is 10.3. The topological polar surface area (TPSA) is 28.7 Å². The summed E-state index contributed by atoms with van der Waals surface area (Å²) in [7, 11) is 0. The van der Waals surface area contributed by atoms with E-state index in [4.69, 9.17) is 0 Å². The molecule has 1 N–H and O–H groups in total. The van der Waals surface area contributed by atoms with Crippen molar-refractivity contribution in [3.05, 3.63) is 30.4 Å². The second kappa shape index (κ2) is 6.23. The zero-order valence-electron chi connectivity index (χ0n) is 8.89. The van der Waals surface area contributed by atoms with Crippen LogP contribution in [0.3, 0.4) is 0 Å². The summed E-state index contributed by atoms with van der Waals surface area (Å²) in [5.41, 5.74) is 3.14. The Kier molecular flexibility index (Phi) is 5.60. The summed E-state index contributed by atoms with van der Waals surface area (Å²) in [5.74, 6) is 0. The van der Waals surface area contributed by atoms with E-state index in [0.717, 1.165) is 11.4 Å². The fourth-order valence-corrected chi connectivity index (χ4v) is 0.911. The van der Waals surface area contributed by atoms with Crippen molar-refractivity contribution in [3.8, 4) is 0 Å². The lowest BCUT2D eigenvalue weighted by atomic mass is 10.2. The molecule has 72 valence electrons. The summed E-state index contributed by atoms with van der Waals surface area (Å²) >= 11 is 0. The lowest BCUT2D eigenvalue weighted by Crippen LogP contribution is -1.82. The highest BCUT2D eigenvalue weighted by molar-refractivity contribution is 5.67. The van der Waals surface area contributed by atoms with Crippen LogP contribution in [0, 0.1) is 0 Å². The van der Waals surface area contributed by atoms with Gasteiger partial charge in [-0.3, -0.25) is 0 Å². The van der Waals surface area contributed by atoms with Crippen molar-refractivity contribution < 1.29 is 0 Å². The third-order valence-corrected chi connectivity index (χ3v) is 1.68. The predicted molar refractivity (Wildman–Crippen MR) is 59.4 cm³/mol. The SMILES string of the molecule is C=Cc1[nH]cnc1/C(C)=C\C.CC. The molecule has 0 bridgehead atoms. The molecule has 13 heavy (non-hydrogen) atoms. The first-order valence-corrected chi connectivity index (χ1v) is 4.58. The summed E-state index contributed by atoms with van der Waals surface area (Å²) < 4.78 is 0. The molecule has 1 heterocycles. The van der Waals surface area contributed by atoms with Gasteiger partial charge >= 0.3 is 0 Å². The number of allylic oxidation sites excluding steroid dienone is 2. The standard InChI is InChI=1S/C9H12N2.C2H6/c1-4-7(3)9-8(5-2)10-6-11-9;1-2/h4-6H,2H2,1,3H3,(H,10,11);1-2H3/b7-4-;. The maximum atomic E-state index is 4.16. The number of hydrogen-bond acceptors (Lipinski definition) is 1. The van der Waals surface area contributed by atoms with Crippen molar-refractivity contribution in [1.29, 1.82) is 0 Å². The van der Waals surface area contributed by atoms with Crippen LogP contribution in [0.2, 0.25) is 0 Å². The summed E-state index contributed by atoms with van der Waals surface area (Å²) in [6.45, 7) is 11.7. The minimum atomic E-state index is 0.987. The average Bonchev–Trinajstić information content (AvgIpc) is 2.67. The van der Waals surface area contributed by atoms with E-state index < -0.39 is 0 Å². The van der Waals surface area contributed by atoms with Crippen LogP contribution in [-0.4, -0.2) is 9.97 Å². The fraction of sp³-hybridized carbons (Fsp3) is 0.364. The second-order valence-electron chi connectivity index (χ2n) is 2.34. The van der Waals surface area contributed by atoms with Gasteiger partial charge in [0.1, 0.15) is 0 Å². The summed E-state index contributed by atoms with van der Waals surface area (Å²) in [4.78, 5) is 7.16. The van der Waals surface area contributed by atoms with Gasteiger partial charge in [0.25, 0.3) is 0 Å². The maximum Gasteiger partial charge on any atom is 0.0931 e. The fourth-order valence-electron chi connectivity index (χ4n) is 0.911. The minimum Gasteiger partial charge on any atom is -0.345 e. The van der Waals surface area contributed by atoms with E-state index in [0.29, 0.717) is 0 Å². The molecule has 0 fully saturated rings. The largest absolute Gasteiger partial charge is 0.345 e. The summed E-state index contributed by atoms with van der Waals surface area (Å²) in [6.07, 6.45) is 5.48. The first kappa shape index (κ1) is 11.7. The van der Waals surface area contributed by atoms with Gasteiger partial charge in [-0.15, -0.1) is 0 Å². The number of hydrogen-bond donors (Lipinski definition) is 1.